The Kier molecular flexibility index (Phi) is 3.65. The third-order valence-corrected chi connectivity index (χ3v) is 4.22. The largest absolute Gasteiger partial charge is 0.316 e. The van der Waals surface area contributed by atoms with E-state index in [9.17, 15) is 0 Å². The van der Waals surface area contributed by atoms with Gasteiger partial charge in [0.25, 0.3) is 0 Å². The van der Waals surface area contributed by atoms with Crippen molar-refractivity contribution in [1.82, 2.24) is 5.32 Å². The molecule has 0 radical (unpaired) electrons. The van der Waals surface area contributed by atoms with Crippen molar-refractivity contribution in [2.45, 2.75) is 25.2 Å². The van der Waals surface area contributed by atoms with Crippen LogP contribution in [0.15, 0.2) is 54.6 Å². The zero-order valence-electron chi connectivity index (χ0n) is 11.5. The monoisotopic (exact) mass is 251 g/mol. The molecule has 0 aliphatic carbocycles. The van der Waals surface area contributed by atoms with Gasteiger partial charge >= 0.3 is 0 Å². The van der Waals surface area contributed by atoms with E-state index < -0.39 is 0 Å². The quantitative estimate of drug-likeness (QED) is 0.854. The van der Waals surface area contributed by atoms with Gasteiger partial charge in [0.2, 0.25) is 0 Å². The standard InChI is InChI=1S/C18H21N/c1-14-7-9-16(10-8-14)17-11-12-19-13-18(17)15-5-3-2-4-6-15/h2-10,17-19H,11-13H2,1H3/t17-,18+/m1/s1. The van der Waals surface area contributed by atoms with Gasteiger partial charge < -0.3 is 5.32 Å². The van der Waals surface area contributed by atoms with Gasteiger partial charge in [-0.25, -0.2) is 0 Å². The smallest absolute Gasteiger partial charge is 0.00326 e. The molecule has 0 amide bonds. The van der Waals surface area contributed by atoms with Gasteiger partial charge in [-0.2, -0.15) is 0 Å². The molecule has 0 unspecified atom stereocenters. The average molecular weight is 251 g/mol. The summed E-state index contributed by atoms with van der Waals surface area (Å²) in [7, 11) is 0. The van der Waals surface area contributed by atoms with E-state index in [-0.39, 0.29) is 0 Å². The molecular weight excluding hydrogens is 230 g/mol. The molecule has 0 aromatic heterocycles. The normalized spacial score (nSPS) is 23.2. The van der Waals surface area contributed by atoms with E-state index in [1.54, 1.807) is 0 Å². The van der Waals surface area contributed by atoms with Gasteiger partial charge in [0.1, 0.15) is 0 Å². The fourth-order valence-electron chi connectivity index (χ4n) is 3.12. The van der Waals surface area contributed by atoms with Gasteiger partial charge in [-0.3, -0.25) is 0 Å². The molecule has 19 heavy (non-hydrogen) atoms. The number of aryl methyl sites for hydroxylation is 1. The van der Waals surface area contributed by atoms with Gasteiger partial charge in [-0.05, 0) is 36.9 Å². The van der Waals surface area contributed by atoms with E-state index in [1.165, 1.54) is 23.1 Å². The number of piperidine rings is 1. The Morgan fingerprint density at radius 1 is 0.842 bits per heavy atom. The van der Waals surface area contributed by atoms with Crippen molar-refractivity contribution in [3.05, 3.63) is 71.3 Å². The van der Waals surface area contributed by atoms with E-state index in [0.717, 1.165) is 13.1 Å². The zero-order chi connectivity index (χ0) is 13.1. The predicted molar refractivity (Wildman–Crippen MR) is 80.6 cm³/mol. The van der Waals surface area contributed by atoms with Gasteiger partial charge in [-0.15, -0.1) is 0 Å². The molecule has 2 aromatic rings. The van der Waals surface area contributed by atoms with E-state index >= 15 is 0 Å². The summed E-state index contributed by atoms with van der Waals surface area (Å²) in [5, 5.41) is 3.54. The first-order chi connectivity index (χ1) is 9.34. The van der Waals surface area contributed by atoms with E-state index in [0.29, 0.717) is 11.8 Å². The SMILES string of the molecule is Cc1ccc([C@H]2CCNC[C@H]2c2ccccc2)cc1. The summed E-state index contributed by atoms with van der Waals surface area (Å²) in [5.74, 6) is 1.24. The topological polar surface area (TPSA) is 12.0 Å². The van der Waals surface area contributed by atoms with Crippen molar-refractivity contribution < 1.29 is 0 Å². The highest BCUT2D eigenvalue weighted by atomic mass is 14.9. The molecule has 3 rings (SSSR count). The average Bonchev–Trinajstić information content (AvgIpc) is 2.49. The number of benzene rings is 2. The first kappa shape index (κ1) is 12.4. The van der Waals surface area contributed by atoms with Crippen molar-refractivity contribution in [2.24, 2.45) is 0 Å². The van der Waals surface area contributed by atoms with Crippen LogP contribution in [-0.2, 0) is 0 Å². The highest BCUT2D eigenvalue weighted by Gasteiger charge is 2.27. The fourth-order valence-corrected chi connectivity index (χ4v) is 3.12. The lowest BCUT2D eigenvalue weighted by molar-refractivity contribution is 0.404. The molecule has 1 heterocycles. The maximum atomic E-state index is 3.54. The fraction of sp³-hybridized carbons (Fsp3) is 0.333. The Labute approximate surface area is 115 Å². The molecule has 1 saturated heterocycles. The van der Waals surface area contributed by atoms with Gasteiger partial charge in [0, 0.05) is 12.5 Å². The molecule has 0 bridgehead atoms. The van der Waals surface area contributed by atoms with Crippen LogP contribution in [0.25, 0.3) is 0 Å². The Morgan fingerprint density at radius 3 is 2.26 bits per heavy atom. The van der Waals surface area contributed by atoms with Crippen LogP contribution in [0.4, 0.5) is 0 Å². The maximum absolute atomic E-state index is 3.54. The minimum atomic E-state index is 0.595. The molecule has 1 nitrogen and oxygen atoms in total. The summed E-state index contributed by atoms with van der Waals surface area (Å²) in [6.07, 6.45) is 1.22. The lowest BCUT2D eigenvalue weighted by Crippen LogP contribution is -2.33. The molecule has 1 N–H and O–H groups in total. The van der Waals surface area contributed by atoms with Crippen molar-refractivity contribution in [3.8, 4) is 0 Å². The van der Waals surface area contributed by atoms with Gasteiger partial charge in [-0.1, -0.05) is 60.2 Å². The van der Waals surface area contributed by atoms with Crippen LogP contribution in [0.1, 0.15) is 34.9 Å². The second kappa shape index (κ2) is 5.58. The Balaban J connectivity index is 1.91. The number of hydrogen-bond donors (Lipinski definition) is 1. The summed E-state index contributed by atoms with van der Waals surface area (Å²) < 4.78 is 0. The number of rotatable bonds is 2. The molecule has 0 saturated carbocycles. The number of hydrogen-bond acceptors (Lipinski definition) is 1. The van der Waals surface area contributed by atoms with Crippen LogP contribution in [0.2, 0.25) is 0 Å². The summed E-state index contributed by atoms with van der Waals surface area (Å²) in [4.78, 5) is 0. The van der Waals surface area contributed by atoms with Crippen molar-refractivity contribution in [1.29, 1.82) is 0 Å². The third kappa shape index (κ3) is 2.71. The third-order valence-electron chi connectivity index (χ3n) is 4.22. The van der Waals surface area contributed by atoms with Crippen molar-refractivity contribution in [2.75, 3.05) is 13.1 Å². The van der Waals surface area contributed by atoms with Crippen LogP contribution in [-0.4, -0.2) is 13.1 Å². The van der Waals surface area contributed by atoms with E-state index in [4.69, 9.17) is 0 Å². The van der Waals surface area contributed by atoms with Crippen molar-refractivity contribution >= 4 is 0 Å². The van der Waals surface area contributed by atoms with Crippen LogP contribution in [0.3, 0.4) is 0 Å². The molecular formula is C18H21N. The molecule has 1 heteroatoms. The first-order valence-corrected chi connectivity index (χ1v) is 7.17. The summed E-state index contributed by atoms with van der Waals surface area (Å²) in [6, 6.07) is 20.0. The van der Waals surface area contributed by atoms with Crippen LogP contribution >= 0.6 is 0 Å². The van der Waals surface area contributed by atoms with Crippen LogP contribution < -0.4 is 5.32 Å². The van der Waals surface area contributed by atoms with Crippen LogP contribution in [0.5, 0.6) is 0 Å². The lowest BCUT2D eigenvalue weighted by atomic mass is 9.77. The number of nitrogens with one attached hydrogen (secondary N) is 1. The second-order valence-electron chi connectivity index (χ2n) is 5.53. The molecule has 1 aliphatic heterocycles. The summed E-state index contributed by atoms with van der Waals surface area (Å²) in [5.41, 5.74) is 4.29. The molecule has 2 atom stereocenters. The Bertz CT molecular complexity index is 515. The molecule has 1 aliphatic rings. The predicted octanol–water partition coefficient (Wildman–Crippen LogP) is 3.86. The summed E-state index contributed by atoms with van der Waals surface area (Å²) >= 11 is 0. The minimum absolute atomic E-state index is 0.595. The minimum Gasteiger partial charge on any atom is -0.316 e. The van der Waals surface area contributed by atoms with E-state index in [1.807, 2.05) is 0 Å². The Morgan fingerprint density at radius 2 is 1.53 bits per heavy atom. The van der Waals surface area contributed by atoms with Gasteiger partial charge in [0.15, 0.2) is 0 Å². The summed E-state index contributed by atoms with van der Waals surface area (Å²) in [6.45, 7) is 4.37. The molecule has 2 aromatic carbocycles. The molecule has 98 valence electrons. The second-order valence-corrected chi connectivity index (χ2v) is 5.53. The molecule has 0 spiro atoms. The highest BCUT2D eigenvalue weighted by molar-refractivity contribution is 5.31. The highest BCUT2D eigenvalue weighted by Crippen LogP contribution is 2.37. The zero-order valence-corrected chi connectivity index (χ0v) is 11.5. The maximum Gasteiger partial charge on any atom is 0.00326 e. The Hall–Kier alpha value is -1.60. The lowest BCUT2D eigenvalue weighted by Gasteiger charge is -2.33. The van der Waals surface area contributed by atoms with Crippen LogP contribution in [0, 0.1) is 6.92 Å². The van der Waals surface area contributed by atoms with Crippen molar-refractivity contribution in [3.63, 3.8) is 0 Å². The molecule has 1 fully saturated rings. The van der Waals surface area contributed by atoms with Gasteiger partial charge in [0.05, 0.1) is 0 Å². The van der Waals surface area contributed by atoms with E-state index in [2.05, 4.69) is 66.8 Å². The first-order valence-electron chi connectivity index (χ1n) is 7.17.